The Morgan fingerprint density at radius 1 is 0.909 bits per heavy atom. The summed E-state index contributed by atoms with van der Waals surface area (Å²) in [5, 5.41) is 3.97. The quantitative estimate of drug-likeness (QED) is 0.210. The Kier molecular flexibility index (Phi) is 6.69. The Balaban J connectivity index is 1.28. The lowest BCUT2D eigenvalue weighted by Gasteiger charge is -2.36. The minimum absolute atomic E-state index is 0.243. The minimum Gasteiger partial charge on any atom is -0.497 e. The average Bonchev–Trinajstić information content (AvgIpc) is 3.54. The molecular weight excluding hydrogens is 552 g/mol. The number of methoxy groups -OCH3 is 1. The van der Waals surface area contributed by atoms with Gasteiger partial charge in [0.2, 0.25) is 0 Å². The maximum atomic E-state index is 14.4. The molecule has 8 heteroatoms. The Hall–Kier alpha value is -5.37. The number of ether oxygens (including phenoxy) is 1. The highest BCUT2D eigenvalue weighted by Crippen LogP contribution is 2.45. The molecule has 0 bridgehead atoms. The van der Waals surface area contributed by atoms with Crippen molar-refractivity contribution in [1.82, 2.24) is 9.88 Å². The van der Waals surface area contributed by atoms with Crippen LogP contribution < -0.4 is 15.0 Å². The number of fused-ring (bicyclic) bond motifs is 4. The zero-order valence-electron chi connectivity index (χ0n) is 24.7. The first-order valence-electron chi connectivity index (χ1n) is 14.8. The molecule has 0 unspecified atom stereocenters. The van der Waals surface area contributed by atoms with E-state index in [0.717, 1.165) is 33.3 Å². The molecule has 1 saturated heterocycles. The molecule has 220 valence electrons. The number of hydrogen-bond acceptors (Lipinski definition) is 4. The van der Waals surface area contributed by atoms with Gasteiger partial charge in [0.1, 0.15) is 17.8 Å². The lowest BCUT2D eigenvalue weighted by atomic mass is 9.89. The van der Waals surface area contributed by atoms with Crippen molar-refractivity contribution in [1.29, 1.82) is 0 Å². The second kappa shape index (κ2) is 10.7. The van der Waals surface area contributed by atoms with Crippen molar-refractivity contribution in [3.05, 3.63) is 125 Å². The molecule has 0 saturated carbocycles. The smallest absolute Gasteiger partial charge is 0.332 e. The number of imide groups is 1. The number of benzene rings is 4. The van der Waals surface area contributed by atoms with E-state index in [1.165, 1.54) is 4.90 Å². The zero-order chi connectivity index (χ0) is 30.5. The van der Waals surface area contributed by atoms with E-state index in [2.05, 4.69) is 24.1 Å². The van der Waals surface area contributed by atoms with Gasteiger partial charge in [-0.3, -0.25) is 14.5 Å². The van der Waals surface area contributed by atoms with Crippen LogP contribution in [0.2, 0.25) is 0 Å². The molecule has 5 aromatic rings. The normalized spacial score (nSPS) is 17.6. The molecule has 7 rings (SSSR count). The van der Waals surface area contributed by atoms with Crippen molar-refractivity contribution in [2.75, 3.05) is 17.3 Å². The summed E-state index contributed by atoms with van der Waals surface area (Å²) in [6.45, 7) is 4.22. The summed E-state index contributed by atoms with van der Waals surface area (Å²) in [5.74, 6) is 0.312. The van der Waals surface area contributed by atoms with Crippen LogP contribution in [0.4, 0.5) is 16.2 Å². The van der Waals surface area contributed by atoms with E-state index in [0.29, 0.717) is 23.8 Å². The van der Waals surface area contributed by atoms with Crippen LogP contribution in [0.15, 0.2) is 97.1 Å². The fourth-order valence-corrected chi connectivity index (χ4v) is 6.44. The molecule has 2 aliphatic heterocycles. The number of aromatic nitrogens is 1. The number of nitrogens with zero attached hydrogens (tertiary/aromatic N) is 2. The molecule has 1 aromatic heterocycles. The molecular formula is C36H32N4O4. The van der Waals surface area contributed by atoms with E-state index in [9.17, 15) is 14.4 Å². The number of hydrogen-bond donors (Lipinski definition) is 2. The number of urea groups is 1. The topological polar surface area (TPSA) is 94.7 Å². The largest absolute Gasteiger partial charge is 0.497 e. The zero-order valence-corrected chi connectivity index (χ0v) is 24.7. The second-order valence-electron chi connectivity index (χ2n) is 11.6. The highest BCUT2D eigenvalue weighted by Gasteiger charge is 2.53. The van der Waals surface area contributed by atoms with E-state index in [1.54, 1.807) is 36.3 Å². The van der Waals surface area contributed by atoms with Crippen molar-refractivity contribution >= 4 is 40.1 Å². The first-order valence-corrected chi connectivity index (χ1v) is 14.8. The van der Waals surface area contributed by atoms with Crippen molar-refractivity contribution in [2.45, 2.75) is 38.3 Å². The molecule has 8 nitrogen and oxygen atoms in total. The van der Waals surface area contributed by atoms with Gasteiger partial charge in [-0.1, -0.05) is 68.4 Å². The number of H-pyrrole nitrogens is 1. The van der Waals surface area contributed by atoms with Crippen LogP contribution in [-0.2, 0) is 11.2 Å². The van der Waals surface area contributed by atoms with Gasteiger partial charge in [0.15, 0.2) is 0 Å². The van der Waals surface area contributed by atoms with Crippen LogP contribution in [0, 0.1) is 0 Å². The number of amides is 4. The predicted molar refractivity (Wildman–Crippen MR) is 170 cm³/mol. The summed E-state index contributed by atoms with van der Waals surface area (Å²) >= 11 is 0. The highest BCUT2D eigenvalue weighted by molar-refractivity contribution is 6.24. The molecule has 44 heavy (non-hydrogen) atoms. The number of para-hydroxylation sites is 2. The number of carbonyl (C=O) groups excluding carboxylic acids is 3. The Morgan fingerprint density at radius 3 is 2.34 bits per heavy atom. The van der Waals surface area contributed by atoms with Crippen LogP contribution in [-0.4, -0.2) is 40.9 Å². The van der Waals surface area contributed by atoms with Crippen LogP contribution in [0.3, 0.4) is 0 Å². The third-order valence-electron chi connectivity index (χ3n) is 8.71. The van der Waals surface area contributed by atoms with Gasteiger partial charge in [-0.25, -0.2) is 9.69 Å². The van der Waals surface area contributed by atoms with Gasteiger partial charge in [0, 0.05) is 28.7 Å². The molecule has 3 heterocycles. The molecule has 2 aliphatic rings. The summed E-state index contributed by atoms with van der Waals surface area (Å²) in [4.78, 5) is 48.6. The second-order valence-corrected chi connectivity index (χ2v) is 11.6. The van der Waals surface area contributed by atoms with Gasteiger partial charge in [0.25, 0.3) is 11.8 Å². The Labute approximate surface area is 255 Å². The number of rotatable bonds is 6. The van der Waals surface area contributed by atoms with E-state index >= 15 is 0 Å². The SMILES string of the molecule is COc1ccc([C@H]2c3[nH]c4ccccc4c3C[C@H]3C(=O)N(c4ccccc4C(=O)Nc4ccc(C(C)C)cc4)C(=O)N23)cc1. The average molecular weight is 585 g/mol. The van der Waals surface area contributed by atoms with Crippen molar-refractivity contribution < 1.29 is 19.1 Å². The number of anilines is 2. The van der Waals surface area contributed by atoms with Crippen LogP contribution >= 0.6 is 0 Å². The monoisotopic (exact) mass is 584 g/mol. The van der Waals surface area contributed by atoms with Crippen LogP contribution in [0.25, 0.3) is 10.9 Å². The third-order valence-corrected chi connectivity index (χ3v) is 8.71. The Bertz CT molecular complexity index is 1910. The Morgan fingerprint density at radius 2 is 1.61 bits per heavy atom. The molecule has 2 N–H and O–H groups in total. The predicted octanol–water partition coefficient (Wildman–Crippen LogP) is 7.04. The van der Waals surface area contributed by atoms with Gasteiger partial charge in [0.05, 0.1) is 18.4 Å². The molecule has 0 spiro atoms. The first-order chi connectivity index (χ1) is 21.4. The molecule has 2 atom stereocenters. The van der Waals surface area contributed by atoms with Gasteiger partial charge in [-0.05, 0) is 65.1 Å². The van der Waals surface area contributed by atoms with Gasteiger partial charge >= 0.3 is 6.03 Å². The highest BCUT2D eigenvalue weighted by atomic mass is 16.5. The van der Waals surface area contributed by atoms with E-state index in [-0.39, 0.29) is 17.2 Å². The van der Waals surface area contributed by atoms with E-state index in [4.69, 9.17) is 4.74 Å². The molecule has 4 aromatic carbocycles. The fraction of sp³-hybridized carbons (Fsp3) is 0.194. The summed E-state index contributed by atoms with van der Waals surface area (Å²) < 4.78 is 5.38. The number of nitrogens with one attached hydrogen (secondary N) is 2. The lowest BCUT2D eigenvalue weighted by Crippen LogP contribution is -2.44. The standard InChI is InChI=1S/C36H32N4O4/c1-21(2)22-12-16-24(17-13-22)37-34(41)27-9-5-7-11-30(27)40-35(42)31-20-28-26-8-4-6-10-29(26)38-32(28)33(39(31)36(40)43)23-14-18-25(44-3)19-15-23/h4-19,21,31,33,38H,20H2,1-3H3,(H,37,41)/t31-,33-/m0/s1. The lowest BCUT2D eigenvalue weighted by molar-refractivity contribution is -0.120. The molecule has 0 radical (unpaired) electrons. The fourth-order valence-electron chi connectivity index (χ4n) is 6.44. The van der Waals surface area contributed by atoms with Gasteiger partial charge < -0.3 is 15.0 Å². The summed E-state index contributed by atoms with van der Waals surface area (Å²) in [7, 11) is 1.61. The number of carbonyl (C=O) groups is 3. The van der Waals surface area contributed by atoms with E-state index < -0.39 is 24.0 Å². The first kappa shape index (κ1) is 27.5. The van der Waals surface area contributed by atoms with E-state index in [1.807, 2.05) is 72.8 Å². The summed E-state index contributed by atoms with van der Waals surface area (Å²) in [5.41, 5.74) is 6.00. The van der Waals surface area contributed by atoms with Gasteiger partial charge in [-0.15, -0.1) is 0 Å². The maximum Gasteiger partial charge on any atom is 0.332 e. The minimum atomic E-state index is -0.735. The van der Waals surface area contributed by atoms with Crippen LogP contribution in [0.1, 0.15) is 58.5 Å². The summed E-state index contributed by atoms with van der Waals surface area (Å²) in [6, 6.07) is 28.3. The molecule has 0 aliphatic carbocycles. The summed E-state index contributed by atoms with van der Waals surface area (Å²) in [6.07, 6.45) is 0.365. The van der Waals surface area contributed by atoms with Gasteiger partial charge in [-0.2, -0.15) is 0 Å². The number of aromatic amines is 1. The molecule has 4 amide bonds. The molecule has 1 fully saturated rings. The maximum absolute atomic E-state index is 14.4. The van der Waals surface area contributed by atoms with Crippen molar-refractivity contribution in [3.63, 3.8) is 0 Å². The van der Waals surface area contributed by atoms with Crippen LogP contribution in [0.5, 0.6) is 5.75 Å². The van der Waals surface area contributed by atoms with Crippen molar-refractivity contribution in [2.24, 2.45) is 0 Å². The van der Waals surface area contributed by atoms with Crippen molar-refractivity contribution in [3.8, 4) is 5.75 Å². The third kappa shape index (κ3) is 4.41.